The minimum atomic E-state index is -0.336. The Morgan fingerprint density at radius 1 is 1.47 bits per heavy atom. The van der Waals surface area contributed by atoms with Gasteiger partial charge in [0.05, 0.1) is 12.5 Å². The van der Waals surface area contributed by atoms with Crippen LogP contribution in [0.2, 0.25) is 0 Å². The first kappa shape index (κ1) is 13.2. The molecule has 1 aromatic carbocycles. The number of hydrogen-bond acceptors (Lipinski definition) is 4. The largest absolute Gasteiger partial charge is 0.343 e. The van der Waals surface area contributed by atoms with Gasteiger partial charge in [0.25, 0.3) is 0 Å². The summed E-state index contributed by atoms with van der Waals surface area (Å²) >= 11 is 1.27. The van der Waals surface area contributed by atoms with Gasteiger partial charge in [-0.15, -0.1) is 11.3 Å². The SMILES string of the molecule is N#CCNC(=O)Cc1cnc(-c2ccccc2F)s1. The van der Waals surface area contributed by atoms with Gasteiger partial charge in [0.2, 0.25) is 5.91 Å². The Hall–Kier alpha value is -2.26. The minimum Gasteiger partial charge on any atom is -0.343 e. The third-order valence-corrected chi connectivity index (χ3v) is 3.39. The van der Waals surface area contributed by atoms with Gasteiger partial charge in [0.15, 0.2) is 0 Å². The fraction of sp³-hybridized carbons (Fsp3) is 0.154. The topological polar surface area (TPSA) is 65.8 Å². The fourth-order valence-corrected chi connectivity index (χ4v) is 2.45. The first-order valence-electron chi connectivity index (χ1n) is 5.54. The fourth-order valence-electron chi connectivity index (χ4n) is 1.51. The molecule has 0 atom stereocenters. The molecule has 0 aliphatic heterocycles. The summed E-state index contributed by atoms with van der Waals surface area (Å²) in [6, 6.07) is 8.20. The lowest BCUT2D eigenvalue weighted by atomic mass is 10.2. The summed E-state index contributed by atoms with van der Waals surface area (Å²) in [7, 11) is 0. The lowest BCUT2D eigenvalue weighted by Crippen LogP contribution is -2.24. The van der Waals surface area contributed by atoms with E-state index in [1.54, 1.807) is 24.4 Å². The second-order valence-electron chi connectivity index (χ2n) is 3.72. The standard InChI is InChI=1S/C13H10FN3OS/c14-11-4-2-1-3-10(11)13-17-8-9(19-13)7-12(18)16-6-5-15/h1-4,8H,6-7H2,(H,16,18). The van der Waals surface area contributed by atoms with Crippen molar-refractivity contribution in [2.24, 2.45) is 0 Å². The molecule has 1 amide bonds. The number of nitriles is 1. The summed E-state index contributed by atoms with van der Waals surface area (Å²) in [5.74, 6) is -0.581. The molecule has 0 radical (unpaired) electrons. The maximum absolute atomic E-state index is 13.6. The molecule has 4 nitrogen and oxygen atoms in total. The van der Waals surface area contributed by atoms with E-state index in [1.807, 2.05) is 6.07 Å². The van der Waals surface area contributed by atoms with Gasteiger partial charge < -0.3 is 5.32 Å². The number of halogens is 1. The molecule has 0 aliphatic carbocycles. The zero-order chi connectivity index (χ0) is 13.7. The van der Waals surface area contributed by atoms with Crippen LogP contribution in [-0.4, -0.2) is 17.4 Å². The highest BCUT2D eigenvalue weighted by Gasteiger charge is 2.11. The number of benzene rings is 1. The van der Waals surface area contributed by atoms with E-state index in [-0.39, 0.29) is 24.7 Å². The van der Waals surface area contributed by atoms with E-state index in [0.29, 0.717) is 10.6 Å². The van der Waals surface area contributed by atoms with E-state index >= 15 is 0 Å². The molecule has 0 spiro atoms. The molecule has 2 rings (SSSR count). The van der Waals surface area contributed by atoms with Crippen molar-refractivity contribution in [1.82, 2.24) is 10.3 Å². The van der Waals surface area contributed by atoms with Gasteiger partial charge >= 0.3 is 0 Å². The van der Waals surface area contributed by atoms with Gasteiger partial charge in [-0.1, -0.05) is 12.1 Å². The first-order chi connectivity index (χ1) is 9.20. The Bertz CT molecular complexity index is 633. The summed E-state index contributed by atoms with van der Waals surface area (Å²) in [5, 5.41) is 11.3. The average Bonchev–Trinajstić information content (AvgIpc) is 2.85. The summed E-state index contributed by atoms with van der Waals surface area (Å²) in [6.07, 6.45) is 1.70. The quantitative estimate of drug-likeness (QED) is 0.869. The highest BCUT2D eigenvalue weighted by Crippen LogP contribution is 2.27. The van der Waals surface area contributed by atoms with E-state index in [0.717, 1.165) is 4.88 Å². The monoisotopic (exact) mass is 275 g/mol. The number of thiazole rings is 1. The molecule has 0 saturated carbocycles. The van der Waals surface area contributed by atoms with Crippen LogP contribution in [0.1, 0.15) is 4.88 Å². The molecule has 1 aromatic heterocycles. The number of rotatable bonds is 4. The van der Waals surface area contributed by atoms with Gasteiger partial charge in [0, 0.05) is 16.6 Å². The molecular weight excluding hydrogens is 265 g/mol. The van der Waals surface area contributed by atoms with Crippen molar-refractivity contribution in [3.8, 4) is 16.6 Å². The van der Waals surface area contributed by atoms with Gasteiger partial charge in [-0.05, 0) is 12.1 Å². The predicted octanol–water partition coefficient (Wildman–Crippen LogP) is 2.13. The molecule has 0 unspecified atom stereocenters. The second-order valence-corrected chi connectivity index (χ2v) is 4.84. The van der Waals surface area contributed by atoms with Crippen LogP contribution in [0, 0.1) is 17.1 Å². The van der Waals surface area contributed by atoms with Crippen molar-refractivity contribution < 1.29 is 9.18 Å². The van der Waals surface area contributed by atoms with Crippen molar-refractivity contribution in [1.29, 1.82) is 5.26 Å². The van der Waals surface area contributed by atoms with Crippen LogP contribution < -0.4 is 5.32 Å². The van der Waals surface area contributed by atoms with Gasteiger partial charge in [-0.25, -0.2) is 9.37 Å². The maximum atomic E-state index is 13.6. The number of nitrogens with zero attached hydrogens (tertiary/aromatic N) is 2. The first-order valence-corrected chi connectivity index (χ1v) is 6.35. The molecule has 2 aromatic rings. The molecule has 0 bridgehead atoms. The van der Waals surface area contributed by atoms with Crippen molar-refractivity contribution in [2.45, 2.75) is 6.42 Å². The number of hydrogen-bond donors (Lipinski definition) is 1. The normalized spacial score (nSPS) is 9.89. The van der Waals surface area contributed by atoms with Crippen LogP contribution >= 0.6 is 11.3 Å². The van der Waals surface area contributed by atoms with Crippen LogP contribution in [0.15, 0.2) is 30.5 Å². The van der Waals surface area contributed by atoms with Crippen LogP contribution in [0.5, 0.6) is 0 Å². The zero-order valence-corrected chi connectivity index (χ0v) is 10.7. The van der Waals surface area contributed by atoms with Crippen molar-refractivity contribution in [3.05, 3.63) is 41.2 Å². The number of aromatic nitrogens is 1. The summed E-state index contributed by atoms with van der Waals surface area (Å²) < 4.78 is 13.6. The number of carbonyl (C=O) groups excluding carboxylic acids is 1. The Labute approximate surface area is 113 Å². The van der Waals surface area contributed by atoms with E-state index in [2.05, 4.69) is 10.3 Å². The summed E-state index contributed by atoms with van der Waals surface area (Å²) in [4.78, 5) is 16.3. The Morgan fingerprint density at radius 2 is 2.26 bits per heavy atom. The Morgan fingerprint density at radius 3 is 3.00 bits per heavy atom. The molecule has 0 saturated heterocycles. The number of nitrogens with one attached hydrogen (secondary N) is 1. The Balaban J connectivity index is 2.10. The molecule has 96 valence electrons. The van der Waals surface area contributed by atoms with E-state index in [4.69, 9.17) is 5.26 Å². The smallest absolute Gasteiger partial charge is 0.226 e. The number of amides is 1. The van der Waals surface area contributed by atoms with Gasteiger partial charge in [0.1, 0.15) is 17.4 Å². The van der Waals surface area contributed by atoms with Crippen LogP contribution in [0.3, 0.4) is 0 Å². The van der Waals surface area contributed by atoms with Gasteiger partial charge in [-0.2, -0.15) is 5.26 Å². The molecule has 6 heteroatoms. The third kappa shape index (κ3) is 3.36. The number of carbonyl (C=O) groups is 1. The lowest BCUT2D eigenvalue weighted by molar-refractivity contribution is -0.120. The highest BCUT2D eigenvalue weighted by molar-refractivity contribution is 7.15. The minimum absolute atomic E-state index is 0.0161. The van der Waals surface area contributed by atoms with Crippen LogP contribution in [-0.2, 0) is 11.2 Å². The predicted molar refractivity (Wildman–Crippen MR) is 69.8 cm³/mol. The third-order valence-electron chi connectivity index (χ3n) is 2.36. The summed E-state index contributed by atoms with van der Waals surface area (Å²) in [5.41, 5.74) is 0.427. The van der Waals surface area contributed by atoms with Crippen LogP contribution in [0.25, 0.3) is 10.6 Å². The molecule has 0 aliphatic rings. The van der Waals surface area contributed by atoms with E-state index in [9.17, 15) is 9.18 Å². The molecule has 0 fully saturated rings. The van der Waals surface area contributed by atoms with Crippen molar-refractivity contribution in [2.75, 3.05) is 6.54 Å². The average molecular weight is 275 g/mol. The molecule has 19 heavy (non-hydrogen) atoms. The van der Waals surface area contributed by atoms with Gasteiger partial charge in [-0.3, -0.25) is 4.79 Å². The van der Waals surface area contributed by atoms with E-state index < -0.39 is 0 Å². The van der Waals surface area contributed by atoms with Crippen molar-refractivity contribution in [3.63, 3.8) is 0 Å². The molecular formula is C13H10FN3OS. The summed E-state index contributed by atoms with van der Waals surface area (Å²) in [6.45, 7) is -0.0161. The Kier molecular flexibility index (Phi) is 4.21. The second kappa shape index (κ2) is 6.07. The highest BCUT2D eigenvalue weighted by atomic mass is 32.1. The zero-order valence-electron chi connectivity index (χ0n) is 9.89. The maximum Gasteiger partial charge on any atom is 0.226 e. The lowest BCUT2D eigenvalue weighted by Gasteiger charge is -1.98. The van der Waals surface area contributed by atoms with E-state index in [1.165, 1.54) is 17.4 Å². The van der Waals surface area contributed by atoms with Crippen molar-refractivity contribution >= 4 is 17.2 Å². The molecule has 1 heterocycles. The molecule has 1 N–H and O–H groups in total. The van der Waals surface area contributed by atoms with Crippen LogP contribution in [0.4, 0.5) is 4.39 Å².